The van der Waals surface area contributed by atoms with Crippen molar-refractivity contribution in [3.63, 3.8) is 0 Å². The summed E-state index contributed by atoms with van der Waals surface area (Å²) in [6.07, 6.45) is -0.572. The molecule has 0 aromatic heterocycles. The van der Waals surface area contributed by atoms with Gasteiger partial charge in [-0.1, -0.05) is 36.4 Å². The van der Waals surface area contributed by atoms with Gasteiger partial charge in [0.05, 0.1) is 14.2 Å². The number of rotatable bonds is 4. The van der Waals surface area contributed by atoms with Gasteiger partial charge in [-0.2, -0.15) is 0 Å². The topological polar surface area (TPSA) is 36.9 Å². The number of methoxy groups -OCH3 is 4. The standard InChI is InChI=1S/C18H20O4/c1-19-15-13-10-9-11-7-5-6-8-12(11)14(13)16(20-2)18(22-4)17(15)21-3/h5-10,15,17H,1-4H3. The predicted octanol–water partition coefficient (Wildman–Crippen LogP) is 3.52. The van der Waals surface area contributed by atoms with Gasteiger partial charge in [0.15, 0.2) is 11.5 Å². The summed E-state index contributed by atoms with van der Waals surface area (Å²) in [6.45, 7) is 0. The molecular formula is C18H20O4. The maximum absolute atomic E-state index is 5.70. The molecule has 1 aliphatic rings. The van der Waals surface area contributed by atoms with Gasteiger partial charge < -0.3 is 18.9 Å². The number of fused-ring (bicyclic) bond motifs is 3. The third kappa shape index (κ3) is 2.07. The van der Waals surface area contributed by atoms with E-state index in [0.29, 0.717) is 11.5 Å². The van der Waals surface area contributed by atoms with Crippen LogP contribution in [-0.4, -0.2) is 34.5 Å². The highest BCUT2D eigenvalue weighted by atomic mass is 16.6. The van der Waals surface area contributed by atoms with Crippen molar-refractivity contribution in [2.24, 2.45) is 0 Å². The number of hydrogen-bond acceptors (Lipinski definition) is 4. The van der Waals surface area contributed by atoms with Crippen LogP contribution in [0.3, 0.4) is 0 Å². The number of ether oxygens (including phenoxy) is 4. The van der Waals surface area contributed by atoms with E-state index in [9.17, 15) is 0 Å². The Hall–Kier alpha value is -2.04. The molecule has 0 heterocycles. The molecule has 0 saturated heterocycles. The van der Waals surface area contributed by atoms with Crippen molar-refractivity contribution in [3.05, 3.63) is 53.3 Å². The molecule has 2 unspecified atom stereocenters. The Morgan fingerprint density at radius 1 is 0.773 bits per heavy atom. The van der Waals surface area contributed by atoms with Crippen LogP contribution in [0.4, 0.5) is 0 Å². The fraction of sp³-hybridized carbons (Fsp3) is 0.333. The molecule has 4 heteroatoms. The fourth-order valence-corrected chi connectivity index (χ4v) is 3.22. The van der Waals surface area contributed by atoms with Gasteiger partial charge in [0.2, 0.25) is 0 Å². The summed E-state index contributed by atoms with van der Waals surface area (Å²) >= 11 is 0. The molecule has 0 fully saturated rings. The van der Waals surface area contributed by atoms with E-state index in [1.54, 1.807) is 28.4 Å². The first-order valence-corrected chi connectivity index (χ1v) is 7.16. The maximum atomic E-state index is 5.70. The summed E-state index contributed by atoms with van der Waals surface area (Å²) in [4.78, 5) is 0. The molecule has 0 saturated carbocycles. The highest BCUT2D eigenvalue weighted by Crippen LogP contribution is 2.44. The first-order chi connectivity index (χ1) is 10.8. The third-order valence-electron chi connectivity index (χ3n) is 4.18. The average molecular weight is 300 g/mol. The van der Waals surface area contributed by atoms with Crippen LogP contribution in [0.15, 0.2) is 42.2 Å². The van der Waals surface area contributed by atoms with Gasteiger partial charge in [0, 0.05) is 19.8 Å². The zero-order chi connectivity index (χ0) is 15.7. The minimum absolute atomic E-state index is 0.238. The van der Waals surface area contributed by atoms with E-state index in [1.165, 1.54) is 0 Å². The molecule has 0 radical (unpaired) electrons. The summed E-state index contributed by atoms with van der Waals surface area (Å²) < 4.78 is 22.6. The zero-order valence-corrected chi connectivity index (χ0v) is 13.3. The van der Waals surface area contributed by atoms with Crippen LogP contribution < -0.4 is 0 Å². The fourth-order valence-electron chi connectivity index (χ4n) is 3.22. The molecule has 116 valence electrons. The Morgan fingerprint density at radius 3 is 2.14 bits per heavy atom. The van der Waals surface area contributed by atoms with E-state index in [-0.39, 0.29) is 12.2 Å². The zero-order valence-electron chi connectivity index (χ0n) is 13.3. The normalized spacial score (nSPS) is 20.9. The first kappa shape index (κ1) is 14.9. The SMILES string of the molecule is COC1=C(OC)C(OC)C(OC)c2ccc3ccccc3c21. The predicted molar refractivity (Wildman–Crippen MR) is 85.4 cm³/mol. The van der Waals surface area contributed by atoms with Crippen molar-refractivity contribution in [2.45, 2.75) is 12.2 Å². The molecule has 2 aromatic carbocycles. The Balaban J connectivity index is 2.38. The van der Waals surface area contributed by atoms with Crippen molar-refractivity contribution in [1.29, 1.82) is 0 Å². The minimum atomic E-state index is -0.335. The largest absolute Gasteiger partial charge is 0.494 e. The van der Waals surface area contributed by atoms with E-state index < -0.39 is 0 Å². The summed E-state index contributed by atoms with van der Waals surface area (Å²) in [5.41, 5.74) is 2.06. The average Bonchev–Trinajstić information content (AvgIpc) is 2.58. The lowest BCUT2D eigenvalue weighted by Gasteiger charge is -2.34. The van der Waals surface area contributed by atoms with Gasteiger partial charge in [-0.3, -0.25) is 0 Å². The molecule has 2 atom stereocenters. The Kier molecular flexibility index (Phi) is 4.05. The minimum Gasteiger partial charge on any atom is -0.494 e. The molecule has 0 bridgehead atoms. The molecule has 2 aromatic rings. The number of benzene rings is 2. The van der Waals surface area contributed by atoms with Crippen LogP contribution in [0.2, 0.25) is 0 Å². The highest BCUT2D eigenvalue weighted by molar-refractivity contribution is 5.95. The quantitative estimate of drug-likeness (QED) is 0.866. The van der Waals surface area contributed by atoms with Crippen LogP contribution in [0.1, 0.15) is 17.2 Å². The molecule has 0 amide bonds. The smallest absolute Gasteiger partial charge is 0.170 e. The molecule has 22 heavy (non-hydrogen) atoms. The van der Waals surface area contributed by atoms with E-state index in [0.717, 1.165) is 21.9 Å². The Bertz CT molecular complexity index is 720. The van der Waals surface area contributed by atoms with E-state index in [4.69, 9.17) is 18.9 Å². The Morgan fingerprint density at radius 2 is 1.50 bits per heavy atom. The van der Waals surface area contributed by atoms with Gasteiger partial charge in [-0.05, 0) is 16.3 Å². The van der Waals surface area contributed by atoms with Gasteiger partial charge in [0.25, 0.3) is 0 Å². The lowest BCUT2D eigenvalue weighted by atomic mass is 9.86. The van der Waals surface area contributed by atoms with Crippen molar-refractivity contribution < 1.29 is 18.9 Å². The first-order valence-electron chi connectivity index (χ1n) is 7.16. The lowest BCUT2D eigenvalue weighted by Crippen LogP contribution is -2.31. The monoisotopic (exact) mass is 300 g/mol. The lowest BCUT2D eigenvalue weighted by molar-refractivity contribution is -0.0449. The summed E-state index contributed by atoms with van der Waals surface area (Å²) in [6, 6.07) is 12.4. The number of hydrogen-bond donors (Lipinski definition) is 0. The van der Waals surface area contributed by atoms with Crippen LogP contribution >= 0.6 is 0 Å². The van der Waals surface area contributed by atoms with Crippen LogP contribution in [-0.2, 0) is 18.9 Å². The second-order valence-electron chi connectivity index (χ2n) is 5.17. The highest BCUT2D eigenvalue weighted by Gasteiger charge is 2.38. The summed E-state index contributed by atoms with van der Waals surface area (Å²) in [5.74, 6) is 1.36. The molecule has 3 rings (SSSR count). The van der Waals surface area contributed by atoms with Gasteiger partial charge in [-0.15, -0.1) is 0 Å². The van der Waals surface area contributed by atoms with Crippen molar-refractivity contribution in [1.82, 2.24) is 0 Å². The van der Waals surface area contributed by atoms with E-state index in [2.05, 4.69) is 24.3 Å². The Labute approximate surface area is 130 Å². The van der Waals surface area contributed by atoms with E-state index in [1.807, 2.05) is 12.1 Å². The second-order valence-corrected chi connectivity index (χ2v) is 5.17. The summed E-state index contributed by atoms with van der Waals surface area (Å²) in [5, 5.41) is 2.26. The molecular weight excluding hydrogens is 280 g/mol. The molecule has 0 N–H and O–H groups in total. The van der Waals surface area contributed by atoms with Crippen LogP contribution in [0.5, 0.6) is 0 Å². The second kappa shape index (κ2) is 5.99. The van der Waals surface area contributed by atoms with Crippen molar-refractivity contribution in [2.75, 3.05) is 28.4 Å². The molecule has 0 aliphatic heterocycles. The van der Waals surface area contributed by atoms with Crippen LogP contribution in [0, 0.1) is 0 Å². The molecule has 0 spiro atoms. The van der Waals surface area contributed by atoms with Gasteiger partial charge in [0.1, 0.15) is 12.2 Å². The van der Waals surface area contributed by atoms with Crippen molar-refractivity contribution >= 4 is 16.5 Å². The van der Waals surface area contributed by atoms with Gasteiger partial charge >= 0.3 is 0 Å². The van der Waals surface area contributed by atoms with Crippen molar-refractivity contribution in [3.8, 4) is 0 Å². The van der Waals surface area contributed by atoms with E-state index >= 15 is 0 Å². The summed E-state index contributed by atoms with van der Waals surface area (Å²) in [7, 11) is 6.61. The molecule has 1 aliphatic carbocycles. The van der Waals surface area contributed by atoms with Crippen LogP contribution in [0.25, 0.3) is 16.5 Å². The molecule has 4 nitrogen and oxygen atoms in total. The third-order valence-corrected chi connectivity index (χ3v) is 4.18. The van der Waals surface area contributed by atoms with Gasteiger partial charge in [-0.25, -0.2) is 0 Å². The maximum Gasteiger partial charge on any atom is 0.170 e.